The predicted molar refractivity (Wildman–Crippen MR) is 174 cm³/mol. The van der Waals surface area contributed by atoms with E-state index in [-0.39, 0.29) is 32.3 Å². The summed E-state index contributed by atoms with van der Waals surface area (Å²) in [5.74, 6) is -0.333. The maximum atomic E-state index is 12.4. The number of phosphoric ester groups is 1. The van der Waals surface area contributed by atoms with Crippen LogP contribution in [0.3, 0.4) is 0 Å². The number of ether oxygens (including phenoxy) is 2. The Morgan fingerprint density at radius 2 is 1.05 bits per heavy atom. The first-order chi connectivity index (χ1) is 20.4. The van der Waals surface area contributed by atoms with Crippen molar-refractivity contribution in [3.8, 4) is 0 Å². The van der Waals surface area contributed by atoms with E-state index in [0.717, 1.165) is 32.1 Å². The van der Waals surface area contributed by atoms with Crippen molar-refractivity contribution in [2.45, 2.75) is 174 Å². The topological polar surface area (TPSA) is 117 Å². The number of esters is 1. The Morgan fingerprint density at radius 1 is 0.619 bits per heavy atom. The first kappa shape index (κ1) is 41.5. The van der Waals surface area contributed by atoms with Crippen LogP contribution in [0.4, 0.5) is 0 Å². The van der Waals surface area contributed by atoms with Gasteiger partial charge in [0.25, 0.3) is 0 Å². The highest BCUT2D eigenvalue weighted by Gasteiger charge is 2.25. The second-order valence-corrected chi connectivity index (χ2v) is 13.2. The summed E-state index contributed by atoms with van der Waals surface area (Å²) in [7, 11) is -4.25. The van der Waals surface area contributed by atoms with Crippen molar-refractivity contribution in [1.29, 1.82) is 0 Å². The monoisotopic (exact) mass is 621 g/mol. The number of rotatable bonds is 34. The molecule has 0 amide bonds. The van der Waals surface area contributed by atoms with Crippen LogP contribution in [0.5, 0.6) is 0 Å². The molecule has 2 atom stereocenters. The Morgan fingerprint density at radius 3 is 1.50 bits per heavy atom. The highest BCUT2D eigenvalue weighted by atomic mass is 31.2. The minimum absolute atomic E-state index is 0.0909. The number of nitrogens with two attached hydrogens (primary N) is 1. The maximum Gasteiger partial charge on any atom is 0.472 e. The minimum Gasteiger partial charge on any atom is -0.457 e. The molecule has 0 aromatic rings. The summed E-state index contributed by atoms with van der Waals surface area (Å²) in [5.41, 5.74) is 5.33. The van der Waals surface area contributed by atoms with Gasteiger partial charge < -0.3 is 20.1 Å². The van der Waals surface area contributed by atoms with E-state index in [9.17, 15) is 14.3 Å². The molecule has 9 heteroatoms. The highest BCUT2D eigenvalue weighted by molar-refractivity contribution is 7.47. The number of phosphoric acid groups is 1. The second-order valence-electron chi connectivity index (χ2n) is 11.7. The average Bonchev–Trinajstić information content (AvgIpc) is 2.97. The van der Waals surface area contributed by atoms with Crippen molar-refractivity contribution in [3.63, 3.8) is 0 Å². The Bertz CT molecular complexity index is 623. The third-order valence-electron chi connectivity index (χ3n) is 7.52. The van der Waals surface area contributed by atoms with Crippen LogP contribution in [0, 0.1) is 0 Å². The molecule has 0 bridgehead atoms. The lowest BCUT2D eigenvalue weighted by Gasteiger charge is -2.20. The number of hydrogen-bond acceptors (Lipinski definition) is 7. The van der Waals surface area contributed by atoms with E-state index in [4.69, 9.17) is 24.3 Å². The van der Waals surface area contributed by atoms with Crippen molar-refractivity contribution in [2.75, 3.05) is 33.0 Å². The lowest BCUT2D eigenvalue weighted by molar-refractivity contribution is -0.154. The molecule has 8 nitrogen and oxygen atoms in total. The summed E-state index contributed by atoms with van der Waals surface area (Å²) >= 11 is 0. The van der Waals surface area contributed by atoms with Crippen molar-refractivity contribution >= 4 is 13.8 Å². The number of carbonyl (C=O) groups is 1. The molecule has 0 saturated carbocycles. The summed E-state index contributed by atoms with van der Waals surface area (Å²) in [4.78, 5) is 22.2. The average molecular weight is 622 g/mol. The Hall–Kier alpha value is -0.500. The van der Waals surface area contributed by atoms with Gasteiger partial charge in [-0.25, -0.2) is 4.57 Å². The predicted octanol–water partition coefficient (Wildman–Crippen LogP) is 9.41. The molecule has 0 radical (unpaired) electrons. The fourth-order valence-electron chi connectivity index (χ4n) is 4.94. The third-order valence-corrected chi connectivity index (χ3v) is 8.51. The van der Waals surface area contributed by atoms with Gasteiger partial charge in [0.1, 0.15) is 6.10 Å². The zero-order valence-electron chi connectivity index (χ0n) is 27.5. The van der Waals surface area contributed by atoms with E-state index in [0.29, 0.717) is 13.0 Å². The molecule has 252 valence electrons. The van der Waals surface area contributed by atoms with Crippen LogP contribution in [0.15, 0.2) is 0 Å². The molecule has 0 aliphatic rings. The smallest absolute Gasteiger partial charge is 0.457 e. The lowest BCUT2D eigenvalue weighted by atomic mass is 10.0. The van der Waals surface area contributed by atoms with E-state index < -0.39 is 13.9 Å². The van der Waals surface area contributed by atoms with Crippen LogP contribution < -0.4 is 5.73 Å². The van der Waals surface area contributed by atoms with Crippen LogP contribution >= 0.6 is 7.82 Å². The fourth-order valence-corrected chi connectivity index (χ4v) is 5.70. The molecule has 0 rings (SSSR count). The molecular formula is C33H68NO7P. The maximum absolute atomic E-state index is 12.4. The van der Waals surface area contributed by atoms with Crippen LogP contribution in [-0.2, 0) is 27.9 Å². The molecule has 0 fully saturated rings. The Labute approximate surface area is 259 Å². The van der Waals surface area contributed by atoms with Gasteiger partial charge in [0.05, 0.1) is 19.8 Å². The fraction of sp³-hybridized carbons (Fsp3) is 0.970. The zero-order valence-corrected chi connectivity index (χ0v) is 28.4. The summed E-state index contributed by atoms with van der Waals surface area (Å²) in [6, 6.07) is 0. The molecule has 42 heavy (non-hydrogen) atoms. The number of hydrogen-bond donors (Lipinski definition) is 2. The van der Waals surface area contributed by atoms with E-state index in [1.54, 1.807) is 0 Å². The second kappa shape index (κ2) is 31.9. The molecule has 0 aromatic heterocycles. The largest absolute Gasteiger partial charge is 0.472 e. The van der Waals surface area contributed by atoms with Gasteiger partial charge in [0, 0.05) is 19.6 Å². The summed E-state index contributed by atoms with van der Waals surface area (Å²) in [6.45, 7) is 4.91. The standard InChI is InChI=1S/C33H68NO7P/c1-3-5-7-9-11-13-14-15-16-17-18-19-21-23-25-28-38-30-32(31-40-42(36,37)39-29-27-34)41-33(35)26-24-22-20-12-10-8-6-4-2/h32H,3-31,34H2,1-2H3,(H,36,37). The zero-order chi connectivity index (χ0) is 31.0. The third kappa shape index (κ3) is 30.9. The number of unbranched alkanes of at least 4 members (excludes halogenated alkanes) is 21. The normalized spacial score (nSPS) is 13.7. The van der Waals surface area contributed by atoms with Crippen LogP contribution in [-0.4, -0.2) is 49.9 Å². The Balaban J connectivity index is 4.02. The van der Waals surface area contributed by atoms with Crippen molar-refractivity contribution < 1.29 is 32.8 Å². The molecule has 3 N–H and O–H groups in total. The molecule has 0 aliphatic heterocycles. The molecule has 0 saturated heterocycles. The summed E-state index contributed by atoms with van der Waals surface area (Å²) in [5, 5.41) is 0. The van der Waals surface area contributed by atoms with Gasteiger partial charge in [-0.1, -0.05) is 149 Å². The van der Waals surface area contributed by atoms with E-state index in [1.165, 1.54) is 116 Å². The van der Waals surface area contributed by atoms with Gasteiger partial charge in [0.15, 0.2) is 0 Å². The molecule has 0 spiro atoms. The molecule has 0 aliphatic carbocycles. The van der Waals surface area contributed by atoms with E-state index in [1.807, 2.05) is 0 Å². The minimum atomic E-state index is -4.25. The van der Waals surface area contributed by atoms with Gasteiger partial charge in [-0.15, -0.1) is 0 Å². The quantitative estimate of drug-likeness (QED) is 0.0414. The first-order valence-electron chi connectivity index (χ1n) is 17.5. The van der Waals surface area contributed by atoms with Crippen LogP contribution in [0.2, 0.25) is 0 Å². The van der Waals surface area contributed by atoms with Gasteiger partial charge in [-0.3, -0.25) is 13.8 Å². The van der Waals surface area contributed by atoms with Gasteiger partial charge in [0.2, 0.25) is 0 Å². The van der Waals surface area contributed by atoms with E-state index >= 15 is 0 Å². The number of carbonyl (C=O) groups excluding carboxylic acids is 1. The summed E-state index contributed by atoms with van der Waals surface area (Å²) in [6.07, 6.45) is 28.3. The Kier molecular flexibility index (Phi) is 31.5. The van der Waals surface area contributed by atoms with Crippen molar-refractivity contribution in [3.05, 3.63) is 0 Å². The van der Waals surface area contributed by atoms with E-state index in [2.05, 4.69) is 13.8 Å². The van der Waals surface area contributed by atoms with Gasteiger partial charge in [-0.05, 0) is 12.8 Å². The highest BCUT2D eigenvalue weighted by Crippen LogP contribution is 2.43. The molecular weight excluding hydrogens is 553 g/mol. The first-order valence-corrected chi connectivity index (χ1v) is 19.0. The molecule has 0 heterocycles. The van der Waals surface area contributed by atoms with Crippen LogP contribution in [0.1, 0.15) is 168 Å². The van der Waals surface area contributed by atoms with Crippen molar-refractivity contribution in [1.82, 2.24) is 0 Å². The molecule has 0 aromatic carbocycles. The van der Waals surface area contributed by atoms with Crippen LogP contribution in [0.25, 0.3) is 0 Å². The van der Waals surface area contributed by atoms with Gasteiger partial charge >= 0.3 is 13.8 Å². The van der Waals surface area contributed by atoms with Gasteiger partial charge in [-0.2, -0.15) is 0 Å². The molecule has 2 unspecified atom stereocenters. The van der Waals surface area contributed by atoms with Crippen molar-refractivity contribution in [2.24, 2.45) is 5.73 Å². The lowest BCUT2D eigenvalue weighted by Crippen LogP contribution is -2.28. The SMILES string of the molecule is CCCCCCCCCCCCCCCCCOCC(COP(=O)(O)OCCN)OC(=O)CCCCCCCCCC. The summed E-state index contributed by atoms with van der Waals surface area (Å²) < 4.78 is 33.1.